The van der Waals surface area contributed by atoms with Gasteiger partial charge >= 0.3 is 6.18 Å². The lowest BCUT2D eigenvalue weighted by molar-refractivity contribution is -0.138. The van der Waals surface area contributed by atoms with E-state index >= 15 is 0 Å². The zero-order valence-electron chi connectivity index (χ0n) is 12.3. The number of anilines is 1. The van der Waals surface area contributed by atoms with Crippen LogP contribution in [0.4, 0.5) is 18.9 Å². The Hall–Kier alpha value is -1.97. The molecule has 2 aromatic carbocycles. The standard InChI is InChI=1S/C17H18F3N/c1-11-4-5-12(2)14(8-11)10-21-15-7-6-13(3)16(9-15)17(18,19)20/h4-9,21H,10H2,1-3H3. The lowest BCUT2D eigenvalue weighted by Crippen LogP contribution is -2.09. The van der Waals surface area contributed by atoms with E-state index in [2.05, 4.69) is 5.32 Å². The van der Waals surface area contributed by atoms with Gasteiger partial charge in [0.15, 0.2) is 0 Å². The van der Waals surface area contributed by atoms with Crippen LogP contribution in [0.2, 0.25) is 0 Å². The van der Waals surface area contributed by atoms with Crippen molar-refractivity contribution in [3.05, 3.63) is 64.2 Å². The minimum atomic E-state index is -4.32. The van der Waals surface area contributed by atoms with Crippen molar-refractivity contribution in [2.24, 2.45) is 0 Å². The summed E-state index contributed by atoms with van der Waals surface area (Å²) in [6.45, 7) is 5.97. The SMILES string of the molecule is Cc1ccc(C)c(CNc2ccc(C)c(C(F)(F)F)c2)c1. The average Bonchev–Trinajstić information content (AvgIpc) is 2.40. The van der Waals surface area contributed by atoms with Crippen LogP contribution in [0.25, 0.3) is 0 Å². The summed E-state index contributed by atoms with van der Waals surface area (Å²) in [5.41, 5.74) is 3.47. The molecule has 0 heterocycles. The van der Waals surface area contributed by atoms with Crippen LogP contribution in [-0.4, -0.2) is 0 Å². The summed E-state index contributed by atoms with van der Waals surface area (Å²) in [6.07, 6.45) is -4.32. The molecule has 0 saturated heterocycles. The van der Waals surface area contributed by atoms with Crippen LogP contribution in [0.5, 0.6) is 0 Å². The maximum absolute atomic E-state index is 12.9. The number of nitrogens with one attached hydrogen (secondary N) is 1. The van der Waals surface area contributed by atoms with Gasteiger partial charge in [0.25, 0.3) is 0 Å². The summed E-state index contributed by atoms with van der Waals surface area (Å²) in [7, 11) is 0. The van der Waals surface area contributed by atoms with Crippen molar-refractivity contribution in [3.8, 4) is 0 Å². The molecular formula is C17H18F3N. The molecule has 0 bridgehead atoms. The zero-order chi connectivity index (χ0) is 15.6. The van der Waals surface area contributed by atoms with Gasteiger partial charge in [0.1, 0.15) is 0 Å². The van der Waals surface area contributed by atoms with Gasteiger partial charge in [-0.3, -0.25) is 0 Å². The zero-order valence-corrected chi connectivity index (χ0v) is 12.3. The van der Waals surface area contributed by atoms with E-state index < -0.39 is 11.7 Å². The molecular weight excluding hydrogens is 275 g/mol. The maximum Gasteiger partial charge on any atom is 0.416 e. The average molecular weight is 293 g/mol. The summed E-state index contributed by atoms with van der Waals surface area (Å²) in [5, 5.41) is 3.07. The van der Waals surface area contributed by atoms with Gasteiger partial charge in [-0.15, -0.1) is 0 Å². The van der Waals surface area contributed by atoms with Crippen LogP contribution >= 0.6 is 0 Å². The first-order valence-corrected chi connectivity index (χ1v) is 6.75. The van der Waals surface area contributed by atoms with Crippen molar-refractivity contribution in [1.29, 1.82) is 0 Å². The van der Waals surface area contributed by atoms with Crippen molar-refractivity contribution < 1.29 is 13.2 Å². The van der Waals surface area contributed by atoms with E-state index in [0.717, 1.165) is 16.7 Å². The topological polar surface area (TPSA) is 12.0 Å². The first-order chi connectivity index (χ1) is 9.77. The highest BCUT2D eigenvalue weighted by Crippen LogP contribution is 2.33. The maximum atomic E-state index is 12.9. The predicted molar refractivity (Wildman–Crippen MR) is 79.4 cm³/mol. The summed E-state index contributed by atoms with van der Waals surface area (Å²) < 4.78 is 38.6. The van der Waals surface area contributed by atoms with Crippen LogP contribution in [0, 0.1) is 20.8 Å². The number of aryl methyl sites for hydroxylation is 3. The summed E-state index contributed by atoms with van der Waals surface area (Å²) in [4.78, 5) is 0. The largest absolute Gasteiger partial charge is 0.416 e. The van der Waals surface area contributed by atoms with Crippen LogP contribution < -0.4 is 5.32 Å². The number of halogens is 3. The second-order valence-corrected chi connectivity index (χ2v) is 5.31. The number of hydrogen-bond donors (Lipinski definition) is 1. The van der Waals surface area contributed by atoms with Gasteiger partial charge in [-0.2, -0.15) is 13.2 Å². The molecule has 0 aliphatic rings. The van der Waals surface area contributed by atoms with Gasteiger partial charge in [-0.25, -0.2) is 0 Å². The first-order valence-electron chi connectivity index (χ1n) is 6.75. The third kappa shape index (κ3) is 3.78. The van der Waals surface area contributed by atoms with Crippen molar-refractivity contribution in [2.45, 2.75) is 33.5 Å². The van der Waals surface area contributed by atoms with E-state index in [-0.39, 0.29) is 5.56 Å². The van der Waals surface area contributed by atoms with Crippen molar-refractivity contribution in [2.75, 3.05) is 5.32 Å². The van der Waals surface area contributed by atoms with E-state index in [1.54, 1.807) is 6.07 Å². The molecule has 0 aliphatic carbocycles. The van der Waals surface area contributed by atoms with Crippen molar-refractivity contribution in [1.82, 2.24) is 0 Å². The molecule has 0 aliphatic heterocycles. The van der Waals surface area contributed by atoms with Crippen LogP contribution in [0.1, 0.15) is 27.8 Å². The summed E-state index contributed by atoms with van der Waals surface area (Å²) in [6, 6.07) is 10.4. The Balaban J connectivity index is 2.19. The smallest absolute Gasteiger partial charge is 0.381 e. The molecule has 0 amide bonds. The number of alkyl halides is 3. The van der Waals surface area contributed by atoms with E-state index in [4.69, 9.17) is 0 Å². The molecule has 0 unspecified atom stereocenters. The van der Waals surface area contributed by atoms with Gasteiger partial charge in [0.2, 0.25) is 0 Å². The molecule has 0 spiro atoms. The van der Waals surface area contributed by atoms with Gasteiger partial charge in [0.05, 0.1) is 5.56 Å². The minimum Gasteiger partial charge on any atom is -0.381 e. The third-order valence-corrected chi connectivity index (χ3v) is 3.53. The fourth-order valence-corrected chi connectivity index (χ4v) is 2.23. The molecule has 1 nitrogen and oxygen atoms in total. The summed E-state index contributed by atoms with van der Waals surface area (Å²) >= 11 is 0. The third-order valence-electron chi connectivity index (χ3n) is 3.53. The highest BCUT2D eigenvalue weighted by molar-refractivity contribution is 5.50. The molecule has 0 aromatic heterocycles. The van der Waals surface area contributed by atoms with Gasteiger partial charge in [-0.05, 0) is 49.6 Å². The Kier molecular flexibility index (Phi) is 4.26. The molecule has 1 N–H and O–H groups in total. The Labute approximate surface area is 122 Å². The molecule has 2 aromatic rings. The number of hydrogen-bond acceptors (Lipinski definition) is 1. The van der Waals surface area contributed by atoms with Gasteiger partial charge in [-0.1, -0.05) is 29.8 Å². The molecule has 4 heteroatoms. The van der Waals surface area contributed by atoms with Gasteiger partial charge in [0, 0.05) is 12.2 Å². The van der Waals surface area contributed by atoms with E-state index in [9.17, 15) is 13.2 Å². The monoisotopic (exact) mass is 293 g/mol. The summed E-state index contributed by atoms with van der Waals surface area (Å²) in [5.74, 6) is 0. The van der Waals surface area contributed by atoms with Crippen molar-refractivity contribution >= 4 is 5.69 Å². The lowest BCUT2D eigenvalue weighted by atomic mass is 10.0. The van der Waals surface area contributed by atoms with E-state index in [1.165, 1.54) is 19.1 Å². The lowest BCUT2D eigenvalue weighted by Gasteiger charge is -2.14. The van der Waals surface area contributed by atoms with E-state index in [1.807, 2.05) is 32.0 Å². The molecule has 0 fully saturated rings. The van der Waals surface area contributed by atoms with Gasteiger partial charge < -0.3 is 5.32 Å². The minimum absolute atomic E-state index is 0.236. The Bertz CT molecular complexity index is 645. The molecule has 0 atom stereocenters. The molecule has 112 valence electrons. The molecule has 0 saturated carbocycles. The highest BCUT2D eigenvalue weighted by atomic mass is 19.4. The highest BCUT2D eigenvalue weighted by Gasteiger charge is 2.32. The Morgan fingerprint density at radius 2 is 1.57 bits per heavy atom. The fourth-order valence-electron chi connectivity index (χ4n) is 2.23. The normalized spacial score (nSPS) is 11.5. The van der Waals surface area contributed by atoms with E-state index in [0.29, 0.717) is 12.2 Å². The quantitative estimate of drug-likeness (QED) is 0.815. The fraction of sp³-hybridized carbons (Fsp3) is 0.294. The second kappa shape index (κ2) is 5.80. The molecule has 0 radical (unpaired) electrons. The Morgan fingerprint density at radius 1 is 0.905 bits per heavy atom. The van der Waals surface area contributed by atoms with Crippen molar-refractivity contribution in [3.63, 3.8) is 0 Å². The van der Waals surface area contributed by atoms with Crippen LogP contribution in [0.15, 0.2) is 36.4 Å². The van der Waals surface area contributed by atoms with Crippen LogP contribution in [-0.2, 0) is 12.7 Å². The Morgan fingerprint density at radius 3 is 2.24 bits per heavy atom. The van der Waals surface area contributed by atoms with Crippen LogP contribution in [0.3, 0.4) is 0 Å². The molecule has 21 heavy (non-hydrogen) atoms. The predicted octanol–water partition coefficient (Wildman–Crippen LogP) is 5.24. The number of benzene rings is 2. The molecule has 2 rings (SSSR count). The second-order valence-electron chi connectivity index (χ2n) is 5.31. The first kappa shape index (κ1) is 15.4. The number of rotatable bonds is 3.